The fraction of sp³-hybridized carbons (Fsp3) is 0.600. The highest BCUT2D eigenvalue weighted by molar-refractivity contribution is 5.58. The largest absolute Gasteiger partial charge is 0.355 e. The summed E-state index contributed by atoms with van der Waals surface area (Å²) in [6.07, 6.45) is 3.53. The van der Waals surface area contributed by atoms with Gasteiger partial charge in [0.1, 0.15) is 11.9 Å². The predicted octanol–water partition coefficient (Wildman–Crippen LogP) is 2.13. The zero-order chi connectivity index (χ0) is 14.0. The first-order chi connectivity index (χ1) is 9.08. The lowest BCUT2D eigenvalue weighted by atomic mass is 10.0. The van der Waals surface area contributed by atoms with Crippen molar-refractivity contribution in [2.24, 2.45) is 11.7 Å². The van der Waals surface area contributed by atoms with Crippen LogP contribution in [0.3, 0.4) is 0 Å². The van der Waals surface area contributed by atoms with Gasteiger partial charge in [0.05, 0.1) is 5.56 Å². The molecule has 1 aliphatic carbocycles. The Morgan fingerprint density at radius 3 is 2.84 bits per heavy atom. The molecular formula is C15H22N4. The van der Waals surface area contributed by atoms with E-state index in [2.05, 4.69) is 16.0 Å². The number of nitrogens with two attached hydrogens (primary N) is 1. The smallest absolute Gasteiger partial charge is 0.147 e. The lowest BCUT2D eigenvalue weighted by molar-refractivity contribution is 0.472. The number of nitriles is 1. The molecule has 0 spiro atoms. The van der Waals surface area contributed by atoms with Gasteiger partial charge in [-0.05, 0) is 50.8 Å². The van der Waals surface area contributed by atoms with Gasteiger partial charge in [-0.3, -0.25) is 0 Å². The summed E-state index contributed by atoms with van der Waals surface area (Å²) in [5, 5.41) is 9.36. The molecule has 0 amide bonds. The molecule has 4 heteroatoms. The third-order valence-electron chi connectivity index (χ3n) is 4.19. The Hall–Kier alpha value is -1.60. The molecule has 1 aliphatic rings. The number of pyridine rings is 1. The highest BCUT2D eigenvalue weighted by Gasteiger charge is 2.31. The number of aryl methyl sites for hydroxylation is 2. The molecule has 1 heterocycles. The van der Waals surface area contributed by atoms with Crippen LogP contribution in [0.1, 0.15) is 36.1 Å². The first kappa shape index (κ1) is 13.8. The third kappa shape index (κ3) is 2.57. The Morgan fingerprint density at radius 2 is 2.21 bits per heavy atom. The van der Waals surface area contributed by atoms with E-state index in [0.29, 0.717) is 24.1 Å². The van der Waals surface area contributed by atoms with Crippen molar-refractivity contribution in [2.45, 2.75) is 39.2 Å². The highest BCUT2D eigenvalue weighted by atomic mass is 15.2. The van der Waals surface area contributed by atoms with Crippen molar-refractivity contribution in [2.75, 3.05) is 18.5 Å². The average Bonchev–Trinajstić information content (AvgIpc) is 2.85. The van der Waals surface area contributed by atoms with Crippen LogP contribution in [-0.4, -0.2) is 24.6 Å². The average molecular weight is 258 g/mol. The highest BCUT2D eigenvalue weighted by Crippen LogP contribution is 2.32. The SMILES string of the molecule is Cc1cc(C)c(C#N)c(N(C)C2CCCC2CN)n1. The standard InChI is InChI=1S/C15H22N4/c1-10-7-11(2)18-15(13(10)9-17)19(3)14-6-4-5-12(14)8-16/h7,12,14H,4-6,8,16H2,1-3H3. The van der Waals surface area contributed by atoms with Gasteiger partial charge in [-0.1, -0.05) is 6.42 Å². The van der Waals surface area contributed by atoms with Gasteiger partial charge in [-0.15, -0.1) is 0 Å². The Morgan fingerprint density at radius 1 is 1.47 bits per heavy atom. The second kappa shape index (κ2) is 5.58. The Balaban J connectivity index is 2.38. The van der Waals surface area contributed by atoms with E-state index in [1.165, 1.54) is 12.8 Å². The molecule has 0 aromatic carbocycles. The molecule has 1 saturated carbocycles. The third-order valence-corrected chi connectivity index (χ3v) is 4.19. The van der Waals surface area contributed by atoms with Gasteiger partial charge in [0, 0.05) is 18.8 Å². The Bertz CT molecular complexity index is 504. The second-order valence-electron chi connectivity index (χ2n) is 5.50. The molecule has 0 aliphatic heterocycles. The van der Waals surface area contributed by atoms with E-state index in [1.54, 1.807) is 0 Å². The molecule has 2 atom stereocenters. The number of hydrogen-bond donors (Lipinski definition) is 1. The molecule has 4 nitrogen and oxygen atoms in total. The minimum Gasteiger partial charge on any atom is -0.355 e. The maximum atomic E-state index is 9.36. The van der Waals surface area contributed by atoms with Crippen molar-refractivity contribution in [3.63, 3.8) is 0 Å². The number of hydrogen-bond acceptors (Lipinski definition) is 4. The van der Waals surface area contributed by atoms with Gasteiger partial charge in [0.15, 0.2) is 0 Å². The summed E-state index contributed by atoms with van der Waals surface area (Å²) in [6.45, 7) is 4.65. The van der Waals surface area contributed by atoms with Crippen LogP contribution in [-0.2, 0) is 0 Å². The molecule has 19 heavy (non-hydrogen) atoms. The molecule has 102 valence electrons. The van der Waals surface area contributed by atoms with Crippen LogP contribution >= 0.6 is 0 Å². The zero-order valence-corrected chi connectivity index (χ0v) is 12.0. The van der Waals surface area contributed by atoms with Crippen LogP contribution in [0.25, 0.3) is 0 Å². The molecular weight excluding hydrogens is 236 g/mol. The molecule has 2 unspecified atom stereocenters. The van der Waals surface area contributed by atoms with Gasteiger partial charge < -0.3 is 10.6 Å². The molecule has 1 aromatic heterocycles. The summed E-state index contributed by atoms with van der Waals surface area (Å²) in [6, 6.07) is 4.66. The second-order valence-corrected chi connectivity index (χ2v) is 5.50. The maximum Gasteiger partial charge on any atom is 0.147 e. The molecule has 0 saturated heterocycles. The van der Waals surface area contributed by atoms with Gasteiger partial charge in [0.25, 0.3) is 0 Å². The van der Waals surface area contributed by atoms with Gasteiger partial charge in [0.2, 0.25) is 0 Å². The van der Waals surface area contributed by atoms with E-state index in [4.69, 9.17) is 5.73 Å². The van der Waals surface area contributed by atoms with Crippen molar-refractivity contribution < 1.29 is 0 Å². The molecule has 2 rings (SSSR count). The maximum absolute atomic E-state index is 9.36. The van der Waals surface area contributed by atoms with E-state index in [0.717, 1.165) is 23.5 Å². The first-order valence-electron chi connectivity index (χ1n) is 6.89. The number of anilines is 1. The first-order valence-corrected chi connectivity index (χ1v) is 6.89. The van der Waals surface area contributed by atoms with Crippen molar-refractivity contribution in [3.8, 4) is 6.07 Å². The zero-order valence-electron chi connectivity index (χ0n) is 12.0. The van der Waals surface area contributed by atoms with Gasteiger partial charge >= 0.3 is 0 Å². The lowest BCUT2D eigenvalue weighted by Gasteiger charge is -2.31. The van der Waals surface area contributed by atoms with E-state index >= 15 is 0 Å². The molecule has 0 bridgehead atoms. The van der Waals surface area contributed by atoms with Crippen molar-refractivity contribution >= 4 is 5.82 Å². The minimum absolute atomic E-state index is 0.408. The lowest BCUT2D eigenvalue weighted by Crippen LogP contribution is -2.38. The Kier molecular flexibility index (Phi) is 4.06. The van der Waals surface area contributed by atoms with E-state index in [1.807, 2.05) is 27.0 Å². The predicted molar refractivity (Wildman–Crippen MR) is 77.0 cm³/mol. The Labute approximate surface area is 115 Å². The van der Waals surface area contributed by atoms with Crippen molar-refractivity contribution in [1.29, 1.82) is 5.26 Å². The summed E-state index contributed by atoms with van der Waals surface area (Å²) < 4.78 is 0. The summed E-state index contributed by atoms with van der Waals surface area (Å²) in [7, 11) is 2.04. The number of aromatic nitrogens is 1. The van der Waals surface area contributed by atoms with Crippen LogP contribution in [0, 0.1) is 31.1 Å². The van der Waals surface area contributed by atoms with E-state index in [9.17, 15) is 5.26 Å². The van der Waals surface area contributed by atoms with Gasteiger partial charge in [-0.2, -0.15) is 5.26 Å². The summed E-state index contributed by atoms with van der Waals surface area (Å²) in [4.78, 5) is 6.75. The van der Waals surface area contributed by atoms with Gasteiger partial charge in [-0.25, -0.2) is 4.98 Å². The molecule has 1 aromatic rings. The van der Waals surface area contributed by atoms with Crippen LogP contribution in [0.2, 0.25) is 0 Å². The molecule has 2 N–H and O–H groups in total. The summed E-state index contributed by atoms with van der Waals surface area (Å²) in [5.74, 6) is 1.32. The number of nitrogens with zero attached hydrogens (tertiary/aromatic N) is 3. The normalized spacial score (nSPS) is 22.3. The van der Waals surface area contributed by atoms with Crippen LogP contribution in [0.15, 0.2) is 6.07 Å². The van der Waals surface area contributed by atoms with E-state index in [-0.39, 0.29) is 0 Å². The van der Waals surface area contributed by atoms with Crippen LogP contribution in [0.4, 0.5) is 5.82 Å². The summed E-state index contributed by atoms with van der Waals surface area (Å²) in [5.41, 5.74) is 8.51. The van der Waals surface area contributed by atoms with E-state index < -0.39 is 0 Å². The van der Waals surface area contributed by atoms with Crippen molar-refractivity contribution in [3.05, 3.63) is 22.9 Å². The summed E-state index contributed by atoms with van der Waals surface area (Å²) >= 11 is 0. The molecule has 0 radical (unpaired) electrons. The fourth-order valence-electron chi connectivity index (χ4n) is 3.17. The fourth-order valence-corrected chi connectivity index (χ4v) is 3.17. The monoisotopic (exact) mass is 258 g/mol. The van der Waals surface area contributed by atoms with Crippen LogP contribution < -0.4 is 10.6 Å². The minimum atomic E-state index is 0.408. The van der Waals surface area contributed by atoms with Crippen molar-refractivity contribution in [1.82, 2.24) is 4.98 Å². The quantitative estimate of drug-likeness (QED) is 0.902. The molecule has 1 fully saturated rings. The number of rotatable bonds is 3. The topological polar surface area (TPSA) is 65.9 Å². The van der Waals surface area contributed by atoms with Crippen LogP contribution in [0.5, 0.6) is 0 Å².